The second kappa shape index (κ2) is 11.0. The highest BCUT2D eigenvalue weighted by Crippen LogP contribution is 2.31. The number of nitrogens with two attached hydrogens (primary N) is 1. The van der Waals surface area contributed by atoms with Crippen molar-refractivity contribution in [3.8, 4) is 11.5 Å². The number of benzene rings is 2. The van der Waals surface area contributed by atoms with Gasteiger partial charge < -0.3 is 29.6 Å². The Balaban J connectivity index is 1.68. The first-order valence-electron chi connectivity index (χ1n) is 11.4. The summed E-state index contributed by atoms with van der Waals surface area (Å²) >= 11 is 0. The summed E-state index contributed by atoms with van der Waals surface area (Å²) in [5.41, 5.74) is 7.75. The van der Waals surface area contributed by atoms with Crippen LogP contribution in [-0.2, 0) is 13.1 Å². The molecular weight excluding hydrogens is 499 g/mol. The van der Waals surface area contributed by atoms with Crippen LogP contribution in [0.2, 0.25) is 0 Å². The van der Waals surface area contributed by atoms with Crippen molar-refractivity contribution in [3.05, 3.63) is 59.4 Å². The molecule has 0 spiro atoms. The molecule has 0 saturated heterocycles. The lowest BCUT2D eigenvalue weighted by Crippen LogP contribution is -2.21. The van der Waals surface area contributed by atoms with E-state index in [2.05, 4.69) is 15.4 Å². The molecule has 5 N–H and O–H groups in total. The smallest absolute Gasteiger partial charge is 0.276 e. The Hall–Kier alpha value is -3.99. The number of primary amides is 1. The van der Waals surface area contributed by atoms with Crippen molar-refractivity contribution in [1.82, 2.24) is 19.3 Å². The monoisotopic (exact) mass is 526 g/mol. The van der Waals surface area contributed by atoms with Crippen LogP contribution >= 0.6 is 8.38 Å². The van der Waals surface area contributed by atoms with Crippen LogP contribution in [0.5, 0.6) is 11.5 Å². The van der Waals surface area contributed by atoms with Crippen LogP contribution in [-0.4, -0.2) is 54.6 Å². The zero-order valence-electron chi connectivity index (χ0n) is 20.5. The Bertz CT molecular complexity index is 1450. The van der Waals surface area contributed by atoms with Crippen LogP contribution in [0.1, 0.15) is 33.5 Å². The van der Waals surface area contributed by atoms with E-state index < -0.39 is 20.2 Å². The maximum atomic E-state index is 13.1. The van der Waals surface area contributed by atoms with E-state index in [9.17, 15) is 19.4 Å². The molecule has 0 bridgehead atoms. The van der Waals surface area contributed by atoms with Gasteiger partial charge in [-0.1, -0.05) is 0 Å². The molecule has 4 rings (SSSR count). The topological polar surface area (TPSA) is 167 Å². The number of carbonyl (C=O) groups is 2. The highest BCUT2D eigenvalue weighted by molar-refractivity contribution is 7.54. The van der Waals surface area contributed by atoms with E-state index in [0.717, 1.165) is 0 Å². The van der Waals surface area contributed by atoms with Gasteiger partial charge in [-0.3, -0.25) is 19.6 Å². The van der Waals surface area contributed by atoms with Gasteiger partial charge in [0.15, 0.2) is 8.38 Å². The number of ether oxygens (including phenoxy) is 2. The van der Waals surface area contributed by atoms with Crippen LogP contribution in [0.15, 0.2) is 42.5 Å². The SMILES string of the molecule is CCn1nc(C)cc1C(=O)Nc1nc2cc(C(N)=O)cc(OC)c2n1CCOc1ccc(P(O)O)cc1. The lowest BCUT2D eigenvalue weighted by molar-refractivity contribution is 0.0995. The van der Waals surface area contributed by atoms with E-state index in [-0.39, 0.29) is 24.7 Å². The Labute approximate surface area is 213 Å². The molecule has 0 saturated carbocycles. The maximum Gasteiger partial charge on any atom is 0.276 e. The second-order valence-corrected chi connectivity index (χ2v) is 9.17. The molecule has 2 aromatic heterocycles. The fraction of sp³-hybridized carbons (Fsp3) is 0.250. The number of hydrogen-bond acceptors (Lipinski definition) is 8. The third-order valence-corrected chi connectivity index (χ3v) is 6.38. The normalized spacial score (nSPS) is 11.2. The molecule has 0 aliphatic carbocycles. The summed E-state index contributed by atoms with van der Waals surface area (Å²) in [5, 5.41) is 7.57. The van der Waals surface area contributed by atoms with Crippen LogP contribution in [0, 0.1) is 6.92 Å². The first-order chi connectivity index (χ1) is 17.7. The molecular formula is C24H27N6O6P. The minimum atomic E-state index is -2.18. The van der Waals surface area contributed by atoms with E-state index in [1.165, 1.54) is 19.2 Å². The number of methoxy groups -OCH3 is 1. The number of amides is 2. The largest absolute Gasteiger partial charge is 0.494 e. The van der Waals surface area contributed by atoms with E-state index >= 15 is 0 Å². The highest BCUT2D eigenvalue weighted by atomic mass is 31.2. The number of rotatable bonds is 10. The summed E-state index contributed by atoms with van der Waals surface area (Å²) in [6, 6.07) is 11.2. The summed E-state index contributed by atoms with van der Waals surface area (Å²) in [6.45, 7) is 4.66. The Morgan fingerprint density at radius 2 is 1.89 bits per heavy atom. The first-order valence-corrected chi connectivity index (χ1v) is 12.6. The zero-order valence-corrected chi connectivity index (χ0v) is 21.4. The van der Waals surface area contributed by atoms with E-state index in [4.69, 9.17) is 15.2 Å². The molecule has 0 radical (unpaired) electrons. The predicted molar refractivity (Wildman–Crippen MR) is 138 cm³/mol. The van der Waals surface area contributed by atoms with Crippen molar-refractivity contribution in [3.63, 3.8) is 0 Å². The lowest BCUT2D eigenvalue weighted by atomic mass is 10.1. The van der Waals surface area contributed by atoms with Gasteiger partial charge >= 0.3 is 0 Å². The predicted octanol–water partition coefficient (Wildman–Crippen LogP) is 1.92. The highest BCUT2D eigenvalue weighted by Gasteiger charge is 2.21. The maximum absolute atomic E-state index is 13.1. The van der Waals surface area contributed by atoms with Crippen molar-refractivity contribution < 1.29 is 28.8 Å². The standard InChI is InChI=1S/C24H27N6O6P/c1-4-30-19(11-14(2)28-30)23(32)27-24-26-18-12-15(22(25)31)13-20(35-3)21(18)29(24)9-10-36-16-5-7-17(8-6-16)37(33)34/h5-8,11-13,33-34H,4,9-10H2,1-3H3,(H2,25,31)(H,26,27,32). The van der Waals surface area contributed by atoms with E-state index in [1.54, 1.807) is 46.5 Å². The van der Waals surface area contributed by atoms with Crippen LogP contribution < -0.4 is 25.8 Å². The molecule has 2 heterocycles. The van der Waals surface area contributed by atoms with Gasteiger partial charge in [0.25, 0.3) is 5.91 Å². The van der Waals surface area contributed by atoms with Crippen molar-refractivity contribution in [1.29, 1.82) is 0 Å². The molecule has 0 unspecified atom stereocenters. The lowest BCUT2D eigenvalue weighted by Gasteiger charge is -2.13. The molecule has 0 aliphatic heterocycles. The number of nitrogens with one attached hydrogen (secondary N) is 1. The Morgan fingerprint density at radius 3 is 2.51 bits per heavy atom. The van der Waals surface area contributed by atoms with Gasteiger partial charge in [0.2, 0.25) is 11.9 Å². The van der Waals surface area contributed by atoms with Gasteiger partial charge in [0.1, 0.15) is 29.3 Å². The Kier molecular flexibility index (Phi) is 7.72. The molecule has 13 heteroatoms. The molecule has 0 aliphatic rings. The molecule has 37 heavy (non-hydrogen) atoms. The van der Waals surface area contributed by atoms with Crippen molar-refractivity contribution >= 4 is 42.5 Å². The van der Waals surface area contributed by atoms with Gasteiger partial charge in [-0.05, 0) is 56.3 Å². The number of aromatic nitrogens is 4. The van der Waals surface area contributed by atoms with Crippen molar-refractivity contribution in [2.24, 2.45) is 5.73 Å². The summed E-state index contributed by atoms with van der Waals surface area (Å²) in [7, 11) is -0.714. The molecule has 0 atom stereocenters. The number of nitrogens with zero attached hydrogens (tertiary/aromatic N) is 4. The molecule has 4 aromatic rings. The number of anilines is 1. The van der Waals surface area contributed by atoms with Crippen LogP contribution in [0.25, 0.3) is 11.0 Å². The molecule has 2 aromatic carbocycles. The van der Waals surface area contributed by atoms with E-state index in [0.29, 0.717) is 45.8 Å². The number of hydrogen-bond donors (Lipinski definition) is 4. The molecule has 12 nitrogen and oxygen atoms in total. The third-order valence-electron chi connectivity index (χ3n) is 5.62. The summed E-state index contributed by atoms with van der Waals surface area (Å²) < 4.78 is 14.7. The summed E-state index contributed by atoms with van der Waals surface area (Å²) in [5.74, 6) is 0.0859. The summed E-state index contributed by atoms with van der Waals surface area (Å²) in [4.78, 5) is 48.2. The van der Waals surface area contributed by atoms with Gasteiger partial charge in [-0.2, -0.15) is 5.10 Å². The fourth-order valence-corrected chi connectivity index (χ4v) is 4.32. The minimum absolute atomic E-state index is 0.188. The molecule has 2 amide bonds. The number of aryl methyl sites for hydroxylation is 2. The average molecular weight is 526 g/mol. The molecule has 0 fully saturated rings. The second-order valence-electron chi connectivity index (χ2n) is 8.07. The number of fused-ring (bicyclic) bond motifs is 1. The van der Waals surface area contributed by atoms with E-state index in [1.807, 2.05) is 6.92 Å². The molecule has 194 valence electrons. The van der Waals surface area contributed by atoms with Gasteiger partial charge in [0.05, 0.1) is 24.9 Å². The zero-order chi connectivity index (χ0) is 26.7. The van der Waals surface area contributed by atoms with Gasteiger partial charge in [-0.15, -0.1) is 0 Å². The van der Waals surface area contributed by atoms with Crippen molar-refractivity contribution in [2.75, 3.05) is 19.0 Å². The fourth-order valence-electron chi connectivity index (χ4n) is 3.91. The van der Waals surface area contributed by atoms with Gasteiger partial charge in [-0.25, -0.2) is 4.98 Å². The number of carbonyl (C=O) groups excluding carboxylic acids is 2. The third kappa shape index (κ3) is 5.56. The average Bonchev–Trinajstić information content (AvgIpc) is 3.43. The van der Waals surface area contributed by atoms with Crippen molar-refractivity contribution in [2.45, 2.75) is 26.9 Å². The number of imidazole rings is 1. The quantitative estimate of drug-likeness (QED) is 0.227. The van der Waals surface area contributed by atoms with Crippen LogP contribution in [0.4, 0.5) is 5.95 Å². The Morgan fingerprint density at radius 1 is 1.16 bits per heavy atom. The van der Waals surface area contributed by atoms with Crippen LogP contribution in [0.3, 0.4) is 0 Å². The first kappa shape index (κ1) is 26.1. The minimum Gasteiger partial charge on any atom is -0.494 e. The summed E-state index contributed by atoms with van der Waals surface area (Å²) in [6.07, 6.45) is 0. The van der Waals surface area contributed by atoms with Gasteiger partial charge in [0, 0.05) is 17.4 Å².